The number of carbonyl (C=O) groups excluding carboxylic acids is 2. The second-order valence-electron chi connectivity index (χ2n) is 6.31. The zero-order chi connectivity index (χ0) is 14.3. The summed E-state index contributed by atoms with van der Waals surface area (Å²) >= 11 is 0. The Morgan fingerprint density at radius 1 is 1.37 bits per heavy atom. The summed E-state index contributed by atoms with van der Waals surface area (Å²) in [7, 11) is 1.37. The zero-order valence-electron chi connectivity index (χ0n) is 12.0. The molecule has 2 atom stereocenters. The highest BCUT2D eigenvalue weighted by molar-refractivity contribution is 5.83. The van der Waals surface area contributed by atoms with Crippen molar-refractivity contribution in [2.24, 2.45) is 0 Å². The van der Waals surface area contributed by atoms with E-state index in [1.54, 1.807) is 4.90 Å². The van der Waals surface area contributed by atoms with Crippen molar-refractivity contribution < 1.29 is 19.1 Å². The van der Waals surface area contributed by atoms with Crippen molar-refractivity contribution in [2.45, 2.75) is 50.8 Å². The molecule has 2 heterocycles. The van der Waals surface area contributed by atoms with Crippen LogP contribution in [0.5, 0.6) is 0 Å². The third-order valence-electron chi connectivity index (χ3n) is 3.53. The highest BCUT2D eigenvalue weighted by Gasteiger charge is 2.52. The average Bonchev–Trinajstić information content (AvgIpc) is 2.62. The summed E-state index contributed by atoms with van der Waals surface area (Å²) in [5.74, 6) is -0.303. The first-order valence-electron chi connectivity index (χ1n) is 6.60. The van der Waals surface area contributed by atoms with Crippen molar-refractivity contribution in [2.75, 3.05) is 20.2 Å². The van der Waals surface area contributed by atoms with Gasteiger partial charge >= 0.3 is 12.1 Å². The van der Waals surface area contributed by atoms with Gasteiger partial charge in [-0.1, -0.05) is 0 Å². The van der Waals surface area contributed by atoms with Crippen LogP contribution in [0.25, 0.3) is 0 Å². The van der Waals surface area contributed by atoms with E-state index in [1.807, 2.05) is 20.8 Å². The number of ether oxygens (including phenoxy) is 2. The first-order chi connectivity index (χ1) is 8.76. The number of amides is 1. The van der Waals surface area contributed by atoms with E-state index in [1.165, 1.54) is 7.11 Å². The summed E-state index contributed by atoms with van der Waals surface area (Å²) in [6.07, 6.45) is 1.20. The van der Waals surface area contributed by atoms with Gasteiger partial charge in [-0.15, -0.1) is 0 Å². The lowest BCUT2D eigenvalue weighted by atomic mass is 9.97. The smallest absolute Gasteiger partial charge is 0.410 e. The summed E-state index contributed by atoms with van der Waals surface area (Å²) in [6.45, 7) is 6.38. The quantitative estimate of drug-likeness (QED) is 0.717. The first kappa shape index (κ1) is 14.1. The monoisotopic (exact) mass is 270 g/mol. The Kier molecular flexibility index (Phi) is 3.47. The Bertz CT molecular complexity index is 391. The molecule has 19 heavy (non-hydrogen) atoms. The lowest BCUT2D eigenvalue weighted by Crippen LogP contribution is -2.64. The second kappa shape index (κ2) is 4.67. The predicted molar refractivity (Wildman–Crippen MR) is 68.7 cm³/mol. The van der Waals surface area contributed by atoms with Gasteiger partial charge in [0.15, 0.2) is 0 Å². The Morgan fingerprint density at radius 2 is 2.05 bits per heavy atom. The van der Waals surface area contributed by atoms with Crippen LogP contribution in [0.1, 0.15) is 33.6 Å². The number of fused-ring (bicyclic) bond motifs is 2. The summed E-state index contributed by atoms with van der Waals surface area (Å²) in [4.78, 5) is 25.7. The van der Waals surface area contributed by atoms with Crippen molar-refractivity contribution in [1.29, 1.82) is 0 Å². The van der Waals surface area contributed by atoms with Crippen molar-refractivity contribution in [3.8, 4) is 0 Å². The molecule has 2 rings (SSSR count). The van der Waals surface area contributed by atoms with Gasteiger partial charge in [0, 0.05) is 12.6 Å². The van der Waals surface area contributed by atoms with Crippen molar-refractivity contribution in [3.63, 3.8) is 0 Å². The van der Waals surface area contributed by atoms with Gasteiger partial charge in [-0.25, -0.2) is 9.59 Å². The summed E-state index contributed by atoms with van der Waals surface area (Å²) in [5, 5.41) is 3.28. The average molecular weight is 270 g/mol. The van der Waals surface area contributed by atoms with Crippen LogP contribution in [-0.2, 0) is 14.3 Å². The second-order valence-corrected chi connectivity index (χ2v) is 6.31. The van der Waals surface area contributed by atoms with E-state index >= 15 is 0 Å². The molecule has 2 bridgehead atoms. The van der Waals surface area contributed by atoms with Crippen LogP contribution in [0.4, 0.5) is 4.79 Å². The van der Waals surface area contributed by atoms with Crippen LogP contribution in [0.3, 0.4) is 0 Å². The molecule has 0 spiro atoms. The molecule has 0 radical (unpaired) electrons. The van der Waals surface area contributed by atoms with E-state index in [9.17, 15) is 9.59 Å². The standard InChI is InChI=1S/C13H22N2O4/c1-12(2,3)19-11(17)15-7-9-5-6-13(8-15,14-9)10(16)18-4/h9,14H,5-8H2,1-4H3. The van der Waals surface area contributed by atoms with Gasteiger partial charge in [0.2, 0.25) is 0 Å². The number of rotatable bonds is 1. The minimum atomic E-state index is -0.755. The van der Waals surface area contributed by atoms with Crippen LogP contribution in [0.15, 0.2) is 0 Å². The molecular formula is C13H22N2O4. The van der Waals surface area contributed by atoms with Crippen LogP contribution >= 0.6 is 0 Å². The molecule has 6 heteroatoms. The van der Waals surface area contributed by atoms with E-state index in [0.717, 1.165) is 6.42 Å². The third kappa shape index (κ3) is 2.83. The Balaban J connectivity index is 2.09. The van der Waals surface area contributed by atoms with E-state index in [-0.39, 0.29) is 18.1 Å². The number of esters is 1. The Hall–Kier alpha value is -1.30. The van der Waals surface area contributed by atoms with E-state index in [4.69, 9.17) is 9.47 Å². The SMILES string of the molecule is COC(=O)C12CCC(CN(C(=O)OC(C)(C)C)C1)N2. The fourth-order valence-corrected chi connectivity index (χ4v) is 2.76. The summed E-state index contributed by atoms with van der Waals surface area (Å²) in [6, 6.07) is 0.139. The molecule has 0 aromatic carbocycles. The highest BCUT2D eigenvalue weighted by atomic mass is 16.6. The van der Waals surface area contributed by atoms with E-state index in [0.29, 0.717) is 19.5 Å². The van der Waals surface area contributed by atoms with Gasteiger partial charge in [0.25, 0.3) is 0 Å². The molecule has 2 unspecified atom stereocenters. The number of hydrogen-bond donors (Lipinski definition) is 1. The number of piperazine rings is 1. The Labute approximate surface area is 113 Å². The fraction of sp³-hybridized carbons (Fsp3) is 0.846. The van der Waals surface area contributed by atoms with Crippen LogP contribution in [0, 0.1) is 0 Å². The number of hydrogen-bond acceptors (Lipinski definition) is 5. The van der Waals surface area contributed by atoms with Gasteiger partial charge in [-0.05, 0) is 33.6 Å². The number of nitrogens with zero attached hydrogens (tertiary/aromatic N) is 1. The third-order valence-corrected chi connectivity index (χ3v) is 3.53. The lowest BCUT2D eigenvalue weighted by molar-refractivity contribution is -0.149. The van der Waals surface area contributed by atoms with Crippen LogP contribution in [0.2, 0.25) is 0 Å². The van der Waals surface area contributed by atoms with Gasteiger partial charge in [0.05, 0.1) is 13.7 Å². The van der Waals surface area contributed by atoms with Crippen LogP contribution < -0.4 is 5.32 Å². The van der Waals surface area contributed by atoms with Gasteiger partial charge in [0.1, 0.15) is 11.1 Å². The van der Waals surface area contributed by atoms with Gasteiger partial charge in [-0.2, -0.15) is 0 Å². The topological polar surface area (TPSA) is 67.9 Å². The maximum absolute atomic E-state index is 12.1. The van der Waals surface area contributed by atoms with Crippen molar-refractivity contribution in [1.82, 2.24) is 10.2 Å². The first-order valence-corrected chi connectivity index (χ1v) is 6.60. The normalized spacial score (nSPS) is 30.1. The van der Waals surface area contributed by atoms with Crippen molar-refractivity contribution >= 4 is 12.1 Å². The molecule has 1 N–H and O–H groups in total. The number of likely N-dealkylation sites (tertiary alicyclic amines) is 1. The molecule has 2 aliphatic heterocycles. The largest absolute Gasteiger partial charge is 0.468 e. The van der Waals surface area contributed by atoms with Gasteiger partial charge in [-0.3, -0.25) is 5.32 Å². The van der Waals surface area contributed by atoms with E-state index < -0.39 is 11.1 Å². The number of nitrogens with one attached hydrogen (secondary N) is 1. The predicted octanol–water partition coefficient (Wildman–Crippen LogP) is 0.901. The minimum absolute atomic E-state index is 0.139. The molecule has 1 amide bonds. The molecule has 2 fully saturated rings. The molecule has 2 aliphatic rings. The lowest BCUT2D eigenvalue weighted by Gasteiger charge is -2.39. The van der Waals surface area contributed by atoms with Crippen molar-refractivity contribution in [3.05, 3.63) is 0 Å². The molecule has 0 aliphatic carbocycles. The summed E-state index contributed by atoms with van der Waals surface area (Å²) in [5.41, 5.74) is -1.28. The fourth-order valence-electron chi connectivity index (χ4n) is 2.76. The number of methoxy groups -OCH3 is 1. The van der Waals surface area contributed by atoms with E-state index in [2.05, 4.69) is 5.32 Å². The number of carbonyl (C=O) groups is 2. The zero-order valence-corrected chi connectivity index (χ0v) is 12.0. The maximum atomic E-state index is 12.1. The molecule has 0 aromatic heterocycles. The molecule has 0 aromatic rings. The molecule has 6 nitrogen and oxygen atoms in total. The van der Waals surface area contributed by atoms with Gasteiger partial charge < -0.3 is 14.4 Å². The Morgan fingerprint density at radius 3 is 2.63 bits per heavy atom. The molecule has 0 saturated carbocycles. The van der Waals surface area contributed by atoms with Crippen LogP contribution in [-0.4, -0.2) is 54.3 Å². The minimum Gasteiger partial charge on any atom is -0.468 e. The molecule has 108 valence electrons. The summed E-state index contributed by atoms with van der Waals surface area (Å²) < 4.78 is 10.2. The molecular weight excluding hydrogens is 248 g/mol. The molecule has 2 saturated heterocycles. The maximum Gasteiger partial charge on any atom is 0.410 e. The highest BCUT2D eigenvalue weighted by Crippen LogP contribution is 2.31.